The average molecular weight is 355 g/mol. The van der Waals surface area contributed by atoms with Crippen LogP contribution in [-0.4, -0.2) is 47.7 Å². The maximum Gasteiger partial charge on any atom is 0.265 e. The Labute approximate surface area is 151 Å². The molecule has 2 heterocycles. The molecule has 2 aromatic carbocycles. The number of piperazine rings is 1. The largest absolute Gasteiger partial charge is 0.369 e. The van der Waals surface area contributed by atoms with Gasteiger partial charge in [-0.2, -0.15) is 0 Å². The Morgan fingerprint density at radius 3 is 2.36 bits per heavy atom. The molecule has 25 heavy (non-hydrogen) atoms. The summed E-state index contributed by atoms with van der Waals surface area (Å²) in [5.74, 6) is 0. The molecule has 0 N–H and O–H groups in total. The third-order valence-corrected chi connectivity index (χ3v) is 4.97. The lowest BCUT2D eigenvalue weighted by Crippen LogP contribution is -2.44. The molecule has 0 saturated carbocycles. The van der Waals surface area contributed by atoms with E-state index < -0.39 is 0 Å². The second kappa shape index (κ2) is 6.50. The number of halogens is 1. The molecule has 4 rings (SSSR count). The van der Waals surface area contributed by atoms with Gasteiger partial charge in [-0.05, 0) is 49.5 Å². The molecule has 1 aromatic heterocycles. The first kappa shape index (κ1) is 16.1. The van der Waals surface area contributed by atoms with E-state index in [9.17, 15) is 4.79 Å². The number of rotatable bonds is 2. The molecule has 0 unspecified atom stereocenters. The summed E-state index contributed by atoms with van der Waals surface area (Å²) in [6, 6.07) is 13.1. The van der Waals surface area contributed by atoms with Crippen LogP contribution in [0.2, 0.25) is 5.02 Å². The first-order valence-electron chi connectivity index (χ1n) is 8.33. The molecule has 0 radical (unpaired) electrons. The monoisotopic (exact) mass is 354 g/mol. The Morgan fingerprint density at radius 2 is 1.64 bits per heavy atom. The number of benzene rings is 2. The van der Waals surface area contributed by atoms with Crippen molar-refractivity contribution in [1.29, 1.82) is 0 Å². The van der Waals surface area contributed by atoms with Gasteiger partial charge < -0.3 is 9.80 Å². The first-order valence-corrected chi connectivity index (χ1v) is 8.70. The summed E-state index contributed by atoms with van der Waals surface area (Å²) in [4.78, 5) is 22.0. The first-order chi connectivity index (χ1) is 12.1. The van der Waals surface area contributed by atoms with Crippen LogP contribution in [0.4, 0.5) is 5.69 Å². The molecule has 0 amide bonds. The van der Waals surface area contributed by atoms with E-state index in [0.717, 1.165) is 37.6 Å². The van der Waals surface area contributed by atoms with Gasteiger partial charge in [0.25, 0.3) is 5.56 Å². The number of aromatic nitrogens is 2. The number of anilines is 1. The lowest BCUT2D eigenvalue weighted by molar-refractivity contribution is 0.313. The third kappa shape index (κ3) is 3.13. The van der Waals surface area contributed by atoms with Crippen molar-refractivity contribution in [2.45, 2.75) is 0 Å². The minimum absolute atomic E-state index is 0.0664. The molecule has 0 spiro atoms. The van der Waals surface area contributed by atoms with Gasteiger partial charge in [-0.15, -0.1) is 0 Å². The molecule has 3 aromatic rings. The topological polar surface area (TPSA) is 41.4 Å². The van der Waals surface area contributed by atoms with Crippen molar-refractivity contribution in [2.24, 2.45) is 0 Å². The Bertz CT molecular complexity index is 959. The summed E-state index contributed by atoms with van der Waals surface area (Å²) in [6.45, 7) is 3.99. The molecular weight excluding hydrogens is 336 g/mol. The number of hydrogen-bond donors (Lipinski definition) is 0. The standard InChI is InChI=1S/C19H19ClN4O/c1-22-8-10-23(11-9-22)16-6-7-18-17(12-16)19(25)24(13-21-18)15-4-2-14(20)3-5-15/h2-7,12-13H,8-11H2,1H3. The van der Waals surface area contributed by atoms with Gasteiger partial charge in [-0.3, -0.25) is 9.36 Å². The fourth-order valence-electron chi connectivity index (χ4n) is 3.16. The van der Waals surface area contributed by atoms with E-state index >= 15 is 0 Å². The van der Waals surface area contributed by atoms with Gasteiger partial charge >= 0.3 is 0 Å². The quantitative estimate of drug-likeness (QED) is 0.709. The van der Waals surface area contributed by atoms with Crippen LogP contribution in [0.15, 0.2) is 53.6 Å². The van der Waals surface area contributed by atoms with Gasteiger partial charge in [0.1, 0.15) is 6.33 Å². The van der Waals surface area contributed by atoms with Crippen LogP contribution >= 0.6 is 11.6 Å². The summed E-state index contributed by atoms with van der Waals surface area (Å²) in [5, 5.41) is 1.27. The van der Waals surface area contributed by atoms with Crippen LogP contribution in [0.1, 0.15) is 0 Å². The van der Waals surface area contributed by atoms with E-state index in [0.29, 0.717) is 15.9 Å². The molecule has 1 saturated heterocycles. The second-order valence-corrected chi connectivity index (χ2v) is 6.82. The van der Waals surface area contributed by atoms with E-state index in [4.69, 9.17) is 11.6 Å². The molecule has 0 aliphatic carbocycles. The average Bonchev–Trinajstić information content (AvgIpc) is 2.64. The summed E-state index contributed by atoms with van der Waals surface area (Å²) >= 11 is 5.94. The minimum Gasteiger partial charge on any atom is -0.369 e. The third-order valence-electron chi connectivity index (χ3n) is 4.71. The highest BCUT2D eigenvalue weighted by molar-refractivity contribution is 6.30. The normalized spacial score (nSPS) is 15.7. The smallest absolute Gasteiger partial charge is 0.265 e. The summed E-state index contributed by atoms with van der Waals surface area (Å²) in [6.07, 6.45) is 1.57. The summed E-state index contributed by atoms with van der Waals surface area (Å²) < 4.78 is 1.56. The molecule has 0 bridgehead atoms. The van der Waals surface area contributed by atoms with Gasteiger partial charge in [-0.1, -0.05) is 11.6 Å². The number of hydrogen-bond acceptors (Lipinski definition) is 4. The molecule has 128 valence electrons. The van der Waals surface area contributed by atoms with Gasteiger partial charge in [0.2, 0.25) is 0 Å². The van der Waals surface area contributed by atoms with Crippen LogP contribution in [0.5, 0.6) is 0 Å². The zero-order valence-electron chi connectivity index (χ0n) is 14.0. The zero-order valence-corrected chi connectivity index (χ0v) is 14.8. The van der Waals surface area contributed by atoms with E-state index in [-0.39, 0.29) is 5.56 Å². The zero-order chi connectivity index (χ0) is 17.4. The fraction of sp³-hybridized carbons (Fsp3) is 0.263. The number of likely N-dealkylation sites (N-methyl/N-ethyl adjacent to an activating group) is 1. The Hall–Kier alpha value is -2.37. The number of nitrogens with zero attached hydrogens (tertiary/aromatic N) is 4. The van der Waals surface area contributed by atoms with Gasteiger partial charge in [0.05, 0.1) is 16.6 Å². The molecular formula is C19H19ClN4O. The summed E-state index contributed by atoms with van der Waals surface area (Å²) in [7, 11) is 2.13. The molecule has 1 aliphatic rings. The molecule has 1 aliphatic heterocycles. The summed E-state index contributed by atoms with van der Waals surface area (Å²) in [5.41, 5.74) is 2.48. The maximum atomic E-state index is 13.0. The number of fused-ring (bicyclic) bond motifs is 1. The predicted octanol–water partition coefficient (Wildman–Crippen LogP) is 2.79. The van der Waals surface area contributed by atoms with Crippen LogP contribution in [0.3, 0.4) is 0 Å². The van der Waals surface area contributed by atoms with Crippen molar-refractivity contribution in [3.63, 3.8) is 0 Å². The Balaban J connectivity index is 1.77. The van der Waals surface area contributed by atoms with Crippen LogP contribution in [0, 0.1) is 0 Å². The van der Waals surface area contributed by atoms with E-state index in [1.165, 1.54) is 0 Å². The highest BCUT2D eigenvalue weighted by atomic mass is 35.5. The van der Waals surface area contributed by atoms with Gasteiger partial charge in [0.15, 0.2) is 0 Å². The highest BCUT2D eigenvalue weighted by Crippen LogP contribution is 2.21. The van der Waals surface area contributed by atoms with E-state index in [1.54, 1.807) is 23.0 Å². The van der Waals surface area contributed by atoms with Crippen molar-refractivity contribution in [1.82, 2.24) is 14.5 Å². The van der Waals surface area contributed by atoms with Crippen LogP contribution in [-0.2, 0) is 0 Å². The van der Waals surface area contributed by atoms with Crippen molar-refractivity contribution < 1.29 is 0 Å². The van der Waals surface area contributed by atoms with E-state index in [1.807, 2.05) is 30.3 Å². The van der Waals surface area contributed by atoms with Crippen molar-refractivity contribution in [3.05, 3.63) is 64.2 Å². The van der Waals surface area contributed by atoms with E-state index in [2.05, 4.69) is 21.8 Å². The maximum absolute atomic E-state index is 13.0. The van der Waals surface area contributed by atoms with Crippen LogP contribution in [0.25, 0.3) is 16.6 Å². The van der Waals surface area contributed by atoms with Crippen molar-refractivity contribution >= 4 is 28.2 Å². The Morgan fingerprint density at radius 1 is 0.960 bits per heavy atom. The predicted molar refractivity (Wildman–Crippen MR) is 102 cm³/mol. The Kier molecular flexibility index (Phi) is 4.19. The lowest BCUT2D eigenvalue weighted by atomic mass is 10.2. The minimum atomic E-state index is -0.0664. The van der Waals surface area contributed by atoms with Gasteiger partial charge in [-0.25, -0.2) is 4.98 Å². The lowest BCUT2D eigenvalue weighted by Gasteiger charge is -2.34. The van der Waals surface area contributed by atoms with Crippen molar-refractivity contribution in [3.8, 4) is 5.69 Å². The molecule has 6 heteroatoms. The molecule has 1 fully saturated rings. The highest BCUT2D eigenvalue weighted by Gasteiger charge is 2.15. The van der Waals surface area contributed by atoms with Crippen LogP contribution < -0.4 is 10.5 Å². The fourth-order valence-corrected chi connectivity index (χ4v) is 3.28. The molecule has 5 nitrogen and oxygen atoms in total. The SMILES string of the molecule is CN1CCN(c2ccc3ncn(-c4ccc(Cl)cc4)c(=O)c3c2)CC1. The second-order valence-electron chi connectivity index (χ2n) is 6.39. The van der Waals surface area contributed by atoms with Crippen molar-refractivity contribution in [2.75, 3.05) is 38.1 Å². The van der Waals surface area contributed by atoms with Gasteiger partial charge in [0, 0.05) is 36.9 Å². The molecule has 0 atom stereocenters.